The first-order valence-electron chi connectivity index (χ1n) is 13.2. The Morgan fingerprint density at radius 3 is 2.17 bits per heavy atom. The largest absolute Gasteiger partial charge is 0.450 e. The first-order chi connectivity index (χ1) is 17.5. The van der Waals surface area contributed by atoms with Crippen LogP contribution in [-0.4, -0.2) is 66.5 Å². The summed E-state index contributed by atoms with van der Waals surface area (Å²) in [4.78, 5) is 41.6. The van der Waals surface area contributed by atoms with Crippen molar-refractivity contribution in [3.63, 3.8) is 0 Å². The van der Waals surface area contributed by atoms with E-state index >= 15 is 0 Å². The Kier molecular flexibility index (Phi) is 6.99. The first kappa shape index (κ1) is 24.3. The van der Waals surface area contributed by atoms with Crippen molar-refractivity contribution in [1.29, 1.82) is 0 Å². The van der Waals surface area contributed by atoms with Crippen LogP contribution in [0.1, 0.15) is 49.4 Å². The molecule has 3 aliphatic rings. The molecule has 2 aliphatic heterocycles. The van der Waals surface area contributed by atoms with Crippen LogP contribution in [0.2, 0.25) is 0 Å². The number of hydrogen-bond acceptors (Lipinski definition) is 4. The molecule has 0 radical (unpaired) electrons. The van der Waals surface area contributed by atoms with Gasteiger partial charge in [0.25, 0.3) is 5.91 Å². The first-order valence-corrected chi connectivity index (χ1v) is 13.2. The molecule has 36 heavy (non-hydrogen) atoms. The van der Waals surface area contributed by atoms with Gasteiger partial charge in [-0.25, -0.2) is 4.79 Å². The lowest BCUT2D eigenvalue weighted by atomic mass is 9.90. The van der Waals surface area contributed by atoms with Crippen LogP contribution >= 0.6 is 0 Å². The summed E-state index contributed by atoms with van der Waals surface area (Å²) in [6, 6.07) is 18.1. The Bertz CT molecular complexity index is 1090. The highest BCUT2D eigenvalue weighted by molar-refractivity contribution is 5.95. The number of benzene rings is 2. The van der Waals surface area contributed by atoms with Crippen molar-refractivity contribution in [2.75, 3.05) is 32.8 Å². The number of carbonyl (C=O) groups excluding carboxylic acids is 3. The average Bonchev–Trinajstić information content (AvgIpc) is 3.63. The van der Waals surface area contributed by atoms with Gasteiger partial charge in [0.05, 0.1) is 6.61 Å². The third kappa shape index (κ3) is 5.11. The quantitative estimate of drug-likeness (QED) is 0.678. The number of carbonyl (C=O) groups is 3. The van der Waals surface area contributed by atoms with E-state index < -0.39 is 0 Å². The molecule has 2 saturated heterocycles. The molecule has 5 rings (SSSR count). The highest BCUT2D eigenvalue weighted by atomic mass is 16.6. The smallest absolute Gasteiger partial charge is 0.409 e. The van der Waals surface area contributed by atoms with Gasteiger partial charge in [-0.05, 0) is 67.7 Å². The lowest BCUT2D eigenvalue weighted by Crippen LogP contribution is -2.47. The Morgan fingerprint density at radius 1 is 0.889 bits per heavy atom. The summed E-state index contributed by atoms with van der Waals surface area (Å²) in [6.45, 7) is 4.80. The second-order valence-corrected chi connectivity index (χ2v) is 10.3. The van der Waals surface area contributed by atoms with Crippen LogP contribution in [0.4, 0.5) is 4.79 Å². The van der Waals surface area contributed by atoms with Crippen LogP contribution in [-0.2, 0) is 9.53 Å². The van der Waals surface area contributed by atoms with E-state index in [1.165, 1.54) is 0 Å². The van der Waals surface area contributed by atoms with E-state index in [2.05, 4.69) is 17.4 Å². The van der Waals surface area contributed by atoms with Crippen LogP contribution in [0.5, 0.6) is 0 Å². The maximum Gasteiger partial charge on any atom is 0.409 e. The zero-order valence-corrected chi connectivity index (χ0v) is 20.9. The molecule has 2 aromatic carbocycles. The summed E-state index contributed by atoms with van der Waals surface area (Å²) < 4.78 is 5.07. The van der Waals surface area contributed by atoms with Gasteiger partial charge in [0, 0.05) is 43.7 Å². The molecule has 1 N–H and O–H groups in total. The molecule has 3 fully saturated rings. The number of amides is 3. The SMILES string of the molecule is CCOC(=O)N1CCC(NC(=O)[C@@H]2CC23CCN(C(=O)c2ccc(-c4ccccc4)cc2)CC3)CC1. The molecule has 2 heterocycles. The van der Waals surface area contributed by atoms with Gasteiger partial charge in [-0.1, -0.05) is 42.5 Å². The molecule has 0 unspecified atom stereocenters. The van der Waals surface area contributed by atoms with E-state index in [4.69, 9.17) is 4.74 Å². The van der Waals surface area contributed by atoms with Gasteiger partial charge in [0.2, 0.25) is 5.91 Å². The van der Waals surface area contributed by atoms with Gasteiger partial charge in [-0.15, -0.1) is 0 Å². The number of piperidine rings is 2. The molecule has 190 valence electrons. The summed E-state index contributed by atoms with van der Waals surface area (Å²) in [5.74, 6) is 0.253. The number of ether oxygens (including phenoxy) is 1. The van der Waals surface area contributed by atoms with Crippen LogP contribution in [0, 0.1) is 11.3 Å². The monoisotopic (exact) mass is 489 g/mol. The number of likely N-dealkylation sites (tertiary alicyclic amines) is 2. The molecule has 2 aromatic rings. The van der Waals surface area contributed by atoms with Crippen molar-refractivity contribution in [1.82, 2.24) is 15.1 Å². The van der Waals surface area contributed by atoms with E-state index in [-0.39, 0.29) is 35.3 Å². The zero-order chi connectivity index (χ0) is 25.1. The minimum Gasteiger partial charge on any atom is -0.450 e. The van der Waals surface area contributed by atoms with Crippen LogP contribution in [0.15, 0.2) is 54.6 Å². The molecule has 1 aliphatic carbocycles. The van der Waals surface area contributed by atoms with Gasteiger partial charge < -0.3 is 19.9 Å². The van der Waals surface area contributed by atoms with E-state index in [9.17, 15) is 14.4 Å². The minimum absolute atomic E-state index is 0.0444. The molecule has 0 aromatic heterocycles. The molecule has 3 amide bonds. The Hall–Kier alpha value is -3.35. The fourth-order valence-electron chi connectivity index (χ4n) is 5.77. The van der Waals surface area contributed by atoms with Crippen molar-refractivity contribution < 1.29 is 19.1 Å². The van der Waals surface area contributed by atoms with Crippen molar-refractivity contribution in [3.05, 3.63) is 60.2 Å². The van der Waals surface area contributed by atoms with Gasteiger partial charge in [0.1, 0.15) is 0 Å². The predicted octanol–water partition coefficient (Wildman–Crippen LogP) is 4.33. The Labute approximate surface area is 212 Å². The predicted molar refractivity (Wildman–Crippen MR) is 137 cm³/mol. The highest BCUT2D eigenvalue weighted by Crippen LogP contribution is 2.59. The average molecular weight is 490 g/mol. The second kappa shape index (κ2) is 10.3. The van der Waals surface area contributed by atoms with E-state index in [0.29, 0.717) is 38.3 Å². The number of nitrogens with one attached hydrogen (secondary N) is 1. The van der Waals surface area contributed by atoms with Crippen molar-refractivity contribution in [2.24, 2.45) is 11.3 Å². The van der Waals surface area contributed by atoms with Gasteiger partial charge >= 0.3 is 6.09 Å². The number of hydrogen-bond donors (Lipinski definition) is 1. The van der Waals surface area contributed by atoms with E-state index in [1.54, 1.807) is 11.8 Å². The van der Waals surface area contributed by atoms with E-state index in [1.807, 2.05) is 47.4 Å². The fourth-order valence-corrected chi connectivity index (χ4v) is 5.77. The third-order valence-electron chi connectivity index (χ3n) is 8.16. The fraction of sp³-hybridized carbons (Fsp3) is 0.483. The lowest BCUT2D eigenvalue weighted by molar-refractivity contribution is -0.124. The standard InChI is InChI=1S/C29H35N3O4/c1-2-36-28(35)32-16-12-24(13-17-32)30-26(33)25-20-29(25)14-18-31(19-15-29)27(34)23-10-8-22(9-11-23)21-6-4-3-5-7-21/h3-11,24-25H,2,12-20H2,1H3,(H,30,33)/t25-/m0/s1. The molecule has 7 nitrogen and oxygen atoms in total. The summed E-state index contributed by atoms with van der Waals surface area (Å²) in [6.07, 6.45) is 3.91. The van der Waals surface area contributed by atoms with Crippen LogP contribution in [0.3, 0.4) is 0 Å². The molecule has 1 saturated carbocycles. The Morgan fingerprint density at radius 2 is 1.53 bits per heavy atom. The normalized spacial score (nSPS) is 21.2. The van der Waals surface area contributed by atoms with Crippen LogP contribution in [0.25, 0.3) is 11.1 Å². The van der Waals surface area contributed by atoms with Crippen molar-refractivity contribution in [3.8, 4) is 11.1 Å². The zero-order valence-electron chi connectivity index (χ0n) is 20.9. The molecule has 1 spiro atoms. The van der Waals surface area contributed by atoms with Gasteiger partial charge in [-0.3, -0.25) is 9.59 Å². The summed E-state index contributed by atoms with van der Waals surface area (Å²) in [5, 5.41) is 3.22. The highest BCUT2D eigenvalue weighted by Gasteiger charge is 2.58. The topological polar surface area (TPSA) is 79.0 Å². The summed E-state index contributed by atoms with van der Waals surface area (Å²) >= 11 is 0. The summed E-state index contributed by atoms with van der Waals surface area (Å²) in [5.41, 5.74) is 3.00. The van der Waals surface area contributed by atoms with Crippen LogP contribution < -0.4 is 5.32 Å². The number of rotatable bonds is 5. The molecule has 0 bridgehead atoms. The maximum atomic E-state index is 13.1. The maximum absolute atomic E-state index is 13.1. The van der Waals surface area contributed by atoms with Crippen molar-refractivity contribution >= 4 is 17.9 Å². The van der Waals surface area contributed by atoms with E-state index in [0.717, 1.165) is 43.2 Å². The van der Waals surface area contributed by atoms with Gasteiger partial charge in [0.15, 0.2) is 0 Å². The van der Waals surface area contributed by atoms with Crippen molar-refractivity contribution in [2.45, 2.75) is 45.1 Å². The molecule has 1 atom stereocenters. The number of nitrogens with zero attached hydrogens (tertiary/aromatic N) is 2. The molecule has 7 heteroatoms. The minimum atomic E-state index is -0.267. The molecular weight excluding hydrogens is 454 g/mol. The lowest BCUT2D eigenvalue weighted by Gasteiger charge is -2.34. The Balaban J connectivity index is 1.08. The second-order valence-electron chi connectivity index (χ2n) is 10.3. The van der Waals surface area contributed by atoms with Gasteiger partial charge in [-0.2, -0.15) is 0 Å². The summed E-state index contributed by atoms with van der Waals surface area (Å²) in [7, 11) is 0. The third-order valence-corrected chi connectivity index (χ3v) is 8.16. The molecular formula is C29H35N3O4.